The SMILES string of the molecule is COc1cccc(C(O)[C@H]2C(=O)OC[C@@H]2Cc2ccc3c(c2)OCO3)c1OC. The molecule has 1 unspecified atom stereocenters. The summed E-state index contributed by atoms with van der Waals surface area (Å²) in [5, 5.41) is 11.0. The zero-order chi connectivity index (χ0) is 19.7. The lowest BCUT2D eigenvalue weighted by Gasteiger charge is -2.23. The summed E-state index contributed by atoms with van der Waals surface area (Å²) in [7, 11) is 3.03. The zero-order valence-corrected chi connectivity index (χ0v) is 15.7. The fourth-order valence-corrected chi connectivity index (χ4v) is 3.86. The number of fused-ring (bicyclic) bond motifs is 1. The number of cyclic esters (lactones) is 1. The second-order valence-electron chi connectivity index (χ2n) is 6.84. The highest BCUT2D eigenvalue weighted by atomic mass is 16.7. The number of esters is 1. The normalized spacial score (nSPS) is 21.3. The fraction of sp³-hybridized carbons (Fsp3) is 0.381. The van der Waals surface area contributed by atoms with Crippen LogP contribution in [0.3, 0.4) is 0 Å². The minimum Gasteiger partial charge on any atom is -0.493 e. The van der Waals surface area contributed by atoms with Crippen molar-refractivity contribution in [2.24, 2.45) is 11.8 Å². The van der Waals surface area contributed by atoms with Crippen molar-refractivity contribution < 1.29 is 33.6 Å². The number of rotatable bonds is 6. The van der Waals surface area contributed by atoms with Crippen molar-refractivity contribution in [2.45, 2.75) is 12.5 Å². The van der Waals surface area contributed by atoms with Crippen LogP contribution in [0, 0.1) is 11.8 Å². The number of benzene rings is 2. The molecule has 2 aliphatic heterocycles. The van der Waals surface area contributed by atoms with E-state index in [9.17, 15) is 9.90 Å². The molecule has 2 aromatic rings. The third kappa shape index (κ3) is 3.22. The van der Waals surface area contributed by atoms with Crippen LogP contribution in [-0.2, 0) is 16.0 Å². The number of methoxy groups -OCH3 is 2. The summed E-state index contributed by atoms with van der Waals surface area (Å²) in [6.07, 6.45) is -0.504. The first kappa shape index (κ1) is 18.4. The highest BCUT2D eigenvalue weighted by molar-refractivity contribution is 5.76. The van der Waals surface area contributed by atoms with Gasteiger partial charge in [-0.1, -0.05) is 18.2 Å². The Kier molecular flexibility index (Phi) is 5.00. The Morgan fingerprint density at radius 2 is 1.93 bits per heavy atom. The van der Waals surface area contributed by atoms with Crippen LogP contribution >= 0.6 is 0 Å². The minimum absolute atomic E-state index is 0.182. The first-order valence-corrected chi connectivity index (χ1v) is 9.06. The van der Waals surface area contributed by atoms with E-state index in [1.54, 1.807) is 18.2 Å². The average Bonchev–Trinajstić information content (AvgIpc) is 3.32. The van der Waals surface area contributed by atoms with Gasteiger partial charge < -0.3 is 28.8 Å². The lowest BCUT2D eigenvalue weighted by Crippen LogP contribution is -2.26. The summed E-state index contributed by atoms with van der Waals surface area (Å²) in [5.74, 6) is 1.01. The second-order valence-corrected chi connectivity index (χ2v) is 6.84. The molecule has 1 N–H and O–H groups in total. The van der Waals surface area contributed by atoms with Gasteiger partial charge in [-0.05, 0) is 30.2 Å². The van der Waals surface area contributed by atoms with Gasteiger partial charge in [0.05, 0.1) is 32.8 Å². The molecule has 0 bridgehead atoms. The van der Waals surface area contributed by atoms with Crippen LogP contribution in [0.5, 0.6) is 23.0 Å². The number of hydrogen-bond acceptors (Lipinski definition) is 7. The molecule has 1 fully saturated rings. The largest absolute Gasteiger partial charge is 0.493 e. The Morgan fingerprint density at radius 3 is 2.71 bits per heavy atom. The molecule has 3 atom stereocenters. The summed E-state index contributed by atoms with van der Waals surface area (Å²) in [6, 6.07) is 10.9. The number of aliphatic hydroxyl groups is 1. The molecule has 2 aliphatic rings. The number of hydrogen-bond donors (Lipinski definition) is 1. The van der Waals surface area contributed by atoms with Gasteiger partial charge >= 0.3 is 5.97 Å². The van der Waals surface area contributed by atoms with Gasteiger partial charge in [-0.25, -0.2) is 0 Å². The van der Waals surface area contributed by atoms with Crippen molar-refractivity contribution >= 4 is 5.97 Å². The van der Waals surface area contributed by atoms with Gasteiger partial charge in [0, 0.05) is 11.5 Å². The van der Waals surface area contributed by atoms with Crippen LogP contribution in [0.2, 0.25) is 0 Å². The average molecular weight is 386 g/mol. The number of ether oxygens (including phenoxy) is 5. The molecule has 7 heteroatoms. The van der Waals surface area contributed by atoms with Crippen LogP contribution < -0.4 is 18.9 Å². The quantitative estimate of drug-likeness (QED) is 0.764. The standard InChI is InChI=1S/C21H22O7/c1-24-16-5-3-4-14(20(16)25-2)19(22)18-13(10-26-21(18)23)8-12-6-7-15-17(9-12)28-11-27-15/h3-7,9,13,18-19,22H,8,10-11H2,1-2H3/t13-,18-,19?/m0/s1. The summed E-state index contributed by atoms with van der Waals surface area (Å²) < 4.78 is 26.8. The van der Waals surface area contributed by atoms with Crippen molar-refractivity contribution in [1.29, 1.82) is 0 Å². The van der Waals surface area contributed by atoms with E-state index in [2.05, 4.69) is 0 Å². The summed E-state index contributed by atoms with van der Waals surface area (Å²) in [6.45, 7) is 0.460. The maximum Gasteiger partial charge on any atom is 0.312 e. The smallest absolute Gasteiger partial charge is 0.312 e. The van der Waals surface area contributed by atoms with Crippen molar-refractivity contribution in [3.8, 4) is 23.0 Å². The molecule has 0 amide bonds. The van der Waals surface area contributed by atoms with Gasteiger partial charge in [0.15, 0.2) is 23.0 Å². The van der Waals surface area contributed by atoms with Gasteiger partial charge in [-0.2, -0.15) is 0 Å². The molecule has 1 saturated heterocycles. The van der Waals surface area contributed by atoms with E-state index >= 15 is 0 Å². The van der Waals surface area contributed by atoms with Gasteiger partial charge in [-0.15, -0.1) is 0 Å². The Bertz CT molecular complexity index is 879. The molecule has 2 heterocycles. The van der Waals surface area contributed by atoms with E-state index in [0.717, 1.165) is 5.56 Å². The van der Waals surface area contributed by atoms with E-state index in [0.29, 0.717) is 35.0 Å². The summed E-state index contributed by atoms with van der Waals surface area (Å²) in [5.41, 5.74) is 1.49. The van der Waals surface area contributed by atoms with Crippen LogP contribution in [0.1, 0.15) is 17.2 Å². The molecule has 0 radical (unpaired) electrons. The Balaban J connectivity index is 1.59. The predicted octanol–water partition coefficient (Wildman–Crippen LogP) is 2.50. The topological polar surface area (TPSA) is 83.5 Å². The lowest BCUT2D eigenvalue weighted by molar-refractivity contribution is -0.144. The van der Waals surface area contributed by atoms with Crippen LogP contribution in [-0.4, -0.2) is 38.7 Å². The summed E-state index contributed by atoms with van der Waals surface area (Å²) >= 11 is 0. The third-order valence-corrected chi connectivity index (χ3v) is 5.25. The molecule has 0 spiro atoms. The Morgan fingerprint density at radius 1 is 1.11 bits per heavy atom. The zero-order valence-electron chi connectivity index (χ0n) is 15.7. The molecule has 148 valence electrons. The molecule has 4 rings (SSSR count). The van der Waals surface area contributed by atoms with E-state index in [1.165, 1.54) is 14.2 Å². The highest BCUT2D eigenvalue weighted by Gasteiger charge is 2.43. The monoisotopic (exact) mass is 386 g/mol. The molecular weight excluding hydrogens is 364 g/mol. The van der Waals surface area contributed by atoms with Crippen LogP contribution in [0.15, 0.2) is 36.4 Å². The number of carbonyl (C=O) groups is 1. The first-order chi connectivity index (χ1) is 13.6. The van der Waals surface area contributed by atoms with Crippen molar-refractivity contribution in [2.75, 3.05) is 27.6 Å². The molecule has 7 nitrogen and oxygen atoms in total. The maximum atomic E-state index is 12.4. The molecule has 0 aromatic heterocycles. The molecule has 0 aliphatic carbocycles. The Hall–Kier alpha value is -2.93. The number of carbonyl (C=O) groups excluding carboxylic acids is 1. The number of aliphatic hydroxyl groups excluding tert-OH is 1. The van der Waals surface area contributed by atoms with E-state index in [1.807, 2.05) is 18.2 Å². The highest BCUT2D eigenvalue weighted by Crippen LogP contribution is 2.43. The van der Waals surface area contributed by atoms with Gasteiger partial charge in [0.1, 0.15) is 0 Å². The van der Waals surface area contributed by atoms with E-state index in [-0.39, 0.29) is 19.3 Å². The van der Waals surface area contributed by atoms with Crippen LogP contribution in [0.25, 0.3) is 0 Å². The predicted molar refractivity (Wildman–Crippen MR) is 98.7 cm³/mol. The van der Waals surface area contributed by atoms with Gasteiger partial charge in [0.2, 0.25) is 6.79 Å². The minimum atomic E-state index is -1.07. The Labute approximate surface area is 162 Å². The van der Waals surface area contributed by atoms with Crippen molar-refractivity contribution in [3.05, 3.63) is 47.5 Å². The first-order valence-electron chi connectivity index (χ1n) is 9.06. The van der Waals surface area contributed by atoms with Crippen LogP contribution in [0.4, 0.5) is 0 Å². The van der Waals surface area contributed by atoms with Gasteiger partial charge in [0.25, 0.3) is 0 Å². The number of para-hydroxylation sites is 1. The van der Waals surface area contributed by atoms with E-state index < -0.39 is 18.0 Å². The van der Waals surface area contributed by atoms with Crippen molar-refractivity contribution in [3.63, 3.8) is 0 Å². The molecular formula is C21H22O7. The molecule has 2 aromatic carbocycles. The fourth-order valence-electron chi connectivity index (χ4n) is 3.86. The summed E-state index contributed by atoms with van der Waals surface area (Å²) in [4.78, 5) is 12.4. The molecule has 28 heavy (non-hydrogen) atoms. The second kappa shape index (κ2) is 7.59. The van der Waals surface area contributed by atoms with Crippen molar-refractivity contribution in [1.82, 2.24) is 0 Å². The maximum absolute atomic E-state index is 12.4. The molecule has 0 saturated carbocycles. The van der Waals surface area contributed by atoms with Gasteiger partial charge in [-0.3, -0.25) is 4.79 Å². The lowest BCUT2D eigenvalue weighted by atomic mass is 9.82. The third-order valence-electron chi connectivity index (χ3n) is 5.25. The van der Waals surface area contributed by atoms with E-state index in [4.69, 9.17) is 23.7 Å².